The summed E-state index contributed by atoms with van der Waals surface area (Å²) < 4.78 is 0. The van der Waals surface area contributed by atoms with Gasteiger partial charge >= 0.3 is 0 Å². The number of likely N-dealkylation sites (N-methyl/N-ethyl adjacent to an activating group) is 2. The molecule has 0 unspecified atom stereocenters. The molecule has 0 bridgehead atoms. The molecule has 3 rings (SSSR count). The minimum atomic E-state index is -0.671. The number of para-hydroxylation sites is 2. The van der Waals surface area contributed by atoms with Crippen LogP contribution in [0.3, 0.4) is 0 Å². The fraction of sp³-hybridized carbons (Fsp3) is 0.333. The lowest BCUT2D eigenvalue weighted by molar-refractivity contribution is 0.0771. The second kappa shape index (κ2) is 5.99. The fourth-order valence-corrected chi connectivity index (χ4v) is 3.35. The Hall–Kier alpha value is -2.04. The van der Waals surface area contributed by atoms with E-state index in [2.05, 4.69) is 4.90 Å². The molecule has 0 aromatic heterocycles. The van der Waals surface area contributed by atoms with Crippen LogP contribution in [0, 0.1) is 0 Å². The van der Waals surface area contributed by atoms with Gasteiger partial charge in [0, 0.05) is 31.0 Å². The molecule has 4 nitrogen and oxygen atoms in total. The van der Waals surface area contributed by atoms with Crippen LogP contribution in [-0.4, -0.2) is 43.1 Å². The highest BCUT2D eigenvalue weighted by Crippen LogP contribution is 2.40. The van der Waals surface area contributed by atoms with Crippen LogP contribution in [0.2, 0.25) is 0 Å². The second-order valence-electron chi connectivity index (χ2n) is 5.80. The predicted molar refractivity (Wildman–Crippen MR) is 89.3 cm³/mol. The van der Waals surface area contributed by atoms with E-state index in [0.717, 1.165) is 16.9 Å². The summed E-state index contributed by atoms with van der Waals surface area (Å²) in [6.45, 7) is -0.0782. The topological polar surface area (TPSA) is 46.9 Å². The summed E-state index contributed by atoms with van der Waals surface area (Å²) in [5.41, 5.74) is 3.18. The Morgan fingerprint density at radius 1 is 1.05 bits per heavy atom. The van der Waals surface area contributed by atoms with Crippen molar-refractivity contribution in [2.75, 3.05) is 30.5 Å². The number of hydrogen-bond donors (Lipinski definition) is 2. The minimum Gasteiger partial charge on any atom is -0.394 e. The summed E-state index contributed by atoms with van der Waals surface area (Å²) in [7, 11) is 3.90. The van der Waals surface area contributed by atoms with E-state index in [1.54, 1.807) is 0 Å². The van der Waals surface area contributed by atoms with Crippen LogP contribution in [0.5, 0.6) is 0 Å². The van der Waals surface area contributed by atoms with Crippen molar-refractivity contribution < 1.29 is 10.2 Å². The van der Waals surface area contributed by atoms with Crippen LogP contribution in [0.1, 0.15) is 11.6 Å². The summed E-state index contributed by atoms with van der Waals surface area (Å²) >= 11 is 0. The third kappa shape index (κ3) is 2.34. The van der Waals surface area contributed by atoms with Gasteiger partial charge < -0.3 is 20.0 Å². The van der Waals surface area contributed by atoms with Crippen LogP contribution in [-0.2, 0) is 0 Å². The predicted octanol–water partition coefficient (Wildman–Crippen LogP) is 2.04. The summed E-state index contributed by atoms with van der Waals surface area (Å²) in [6.07, 6.45) is -0.671. The minimum absolute atomic E-state index is 0.0782. The lowest BCUT2D eigenvalue weighted by atomic mass is 9.88. The van der Waals surface area contributed by atoms with Crippen molar-refractivity contribution in [3.05, 3.63) is 60.2 Å². The van der Waals surface area contributed by atoms with E-state index in [1.165, 1.54) is 0 Å². The summed E-state index contributed by atoms with van der Waals surface area (Å²) in [5, 5.41) is 20.5. The average Bonchev–Trinajstić information content (AvgIpc) is 2.56. The van der Waals surface area contributed by atoms with E-state index in [9.17, 15) is 10.2 Å². The van der Waals surface area contributed by atoms with Gasteiger partial charge in [-0.3, -0.25) is 0 Å². The zero-order chi connectivity index (χ0) is 15.7. The maximum Gasteiger partial charge on any atom is 0.101 e. The zero-order valence-electron chi connectivity index (χ0n) is 12.9. The SMILES string of the molecule is CN1c2ccccc2[C@@H](N(C)c2ccccc2)[C@H](O)[C@H]1CO. The number of benzene rings is 2. The first kappa shape index (κ1) is 14.9. The van der Waals surface area contributed by atoms with Crippen molar-refractivity contribution in [2.24, 2.45) is 0 Å². The highest BCUT2D eigenvalue weighted by Gasteiger charge is 2.40. The van der Waals surface area contributed by atoms with Crippen molar-refractivity contribution in [1.82, 2.24) is 0 Å². The number of fused-ring (bicyclic) bond motifs is 1. The molecule has 0 fully saturated rings. The number of aliphatic hydroxyl groups is 2. The highest BCUT2D eigenvalue weighted by atomic mass is 16.3. The quantitative estimate of drug-likeness (QED) is 0.910. The first-order valence-corrected chi connectivity index (χ1v) is 7.53. The van der Waals surface area contributed by atoms with Gasteiger partial charge in [-0.15, -0.1) is 0 Å². The maximum atomic E-state index is 10.8. The molecular formula is C18H22N2O2. The third-order valence-electron chi connectivity index (χ3n) is 4.62. The molecule has 116 valence electrons. The fourth-order valence-electron chi connectivity index (χ4n) is 3.35. The Bertz CT molecular complexity index is 632. The second-order valence-corrected chi connectivity index (χ2v) is 5.80. The molecular weight excluding hydrogens is 276 g/mol. The van der Waals surface area contributed by atoms with Gasteiger partial charge in [0.1, 0.15) is 6.10 Å². The van der Waals surface area contributed by atoms with E-state index >= 15 is 0 Å². The number of anilines is 2. The largest absolute Gasteiger partial charge is 0.394 e. The van der Waals surface area contributed by atoms with Crippen molar-refractivity contribution in [3.8, 4) is 0 Å². The normalized spacial score (nSPS) is 24.0. The number of aliphatic hydroxyl groups excluding tert-OH is 2. The van der Waals surface area contributed by atoms with E-state index in [1.807, 2.05) is 73.6 Å². The molecule has 3 atom stereocenters. The Balaban J connectivity index is 2.07. The average molecular weight is 298 g/mol. The van der Waals surface area contributed by atoms with Gasteiger partial charge in [-0.05, 0) is 18.2 Å². The molecule has 4 heteroatoms. The monoisotopic (exact) mass is 298 g/mol. The Kier molecular flexibility index (Phi) is 4.05. The molecule has 1 aliphatic heterocycles. The van der Waals surface area contributed by atoms with Crippen molar-refractivity contribution in [2.45, 2.75) is 18.2 Å². The maximum absolute atomic E-state index is 10.8. The first-order valence-electron chi connectivity index (χ1n) is 7.53. The number of nitrogens with zero attached hydrogens (tertiary/aromatic N) is 2. The Morgan fingerprint density at radius 3 is 2.36 bits per heavy atom. The van der Waals surface area contributed by atoms with Gasteiger partial charge in [-0.1, -0.05) is 36.4 Å². The molecule has 2 N–H and O–H groups in total. The molecule has 0 saturated heterocycles. The molecule has 0 amide bonds. The van der Waals surface area contributed by atoms with E-state index in [4.69, 9.17) is 0 Å². The van der Waals surface area contributed by atoms with Gasteiger partial charge in [-0.25, -0.2) is 0 Å². The molecule has 0 radical (unpaired) electrons. The molecule has 0 aliphatic carbocycles. The third-order valence-corrected chi connectivity index (χ3v) is 4.62. The van der Waals surface area contributed by atoms with Crippen LogP contribution in [0.15, 0.2) is 54.6 Å². The van der Waals surface area contributed by atoms with Crippen molar-refractivity contribution in [3.63, 3.8) is 0 Å². The Labute approximate surface area is 131 Å². The van der Waals surface area contributed by atoms with Crippen LogP contribution in [0.4, 0.5) is 11.4 Å². The Morgan fingerprint density at radius 2 is 1.68 bits per heavy atom. The number of hydrogen-bond acceptors (Lipinski definition) is 4. The smallest absolute Gasteiger partial charge is 0.101 e. The summed E-state index contributed by atoms with van der Waals surface area (Å²) in [5.74, 6) is 0. The van der Waals surface area contributed by atoms with Crippen LogP contribution in [0.25, 0.3) is 0 Å². The standard InChI is InChI=1S/C18H22N2O2/c1-19(13-8-4-3-5-9-13)17-14-10-6-7-11-15(14)20(2)16(12-21)18(17)22/h3-11,16-18,21-22H,12H2,1-2H3/t16-,17-,18-/m1/s1. The lowest BCUT2D eigenvalue weighted by Gasteiger charge is -2.46. The van der Waals surface area contributed by atoms with E-state index < -0.39 is 6.10 Å². The van der Waals surface area contributed by atoms with E-state index in [0.29, 0.717) is 0 Å². The lowest BCUT2D eigenvalue weighted by Crippen LogP contribution is -2.54. The number of rotatable bonds is 3. The van der Waals surface area contributed by atoms with Crippen molar-refractivity contribution >= 4 is 11.4 Å². The highest BCUT2D eigenvalue weighted by molar-refractivity contribution is 5.62. The molecule has 2 aromatic rings. The molecule has 22 heavy (non-hydrogen) atoms. The van der Waals surface area contributed by atoms with E-state index in [-0.39, 0.29) is 18.7 Å². The van der Waals surface area contributed by atoms with Gasteiger partial charge in [0.05, 0.1) is 18.7 Å². The first-order chi connectivity index (χ1) is 10.6. The van der Waals surface area contributed by atoms with Gasteiger partial charge in [-0.2, -0.15) is 0 Å². The van der Waals surface area contributed by atoms with Gasteiger partial charge in [0.15, 0.2) is 0 Å². The molecule has 1 aliphatic rings. The molecule has 1 heterocycles. The van der Waals surface area contributed by atoms with Gasteiger partial charge in [0.25, 0.3) is 0 Å². The molecule has 0 saturated carbocycles. The van der Waals surface area contributed by atoms with Crippen LogP contribution >= 0.6 is 0 Å². The molecule has 2 aromatic carbocycles. The van der Waals surface area contributed by atoms with Gasteiger partial charge in [0.2, 0.25) is 0 Å². The zero-order valence-corrected chi connectivity index (χ0v) is 12.9. The summed E-state index contributed by atoms with van der Waals surface area (Å²) in [4.78, 5) is 4.05. The summed E-state index contributed by atoms with van der Waals surface area (Å²) in [6, 6.07) is 17.6. The molecule has 0 spiro atoms. The van der Waals surface area contributed by atoms with Crippen LogP contribution < -0.4 is 9.80 Å². The van der Waals surface area contributed by atoms with Crippen molar-refractivity contribution in [1.29, 1.82) is 0 Å².